The zero-order chi connectivity index (χ0) is 23.3. The van der Waals surface area contributed by atoms with Gasteiger partial charge in [-0.2, -0.15) is 0 Å². The summed E-state index contributed by atoms with van der Waals surface area (Å²) in [4.78, 5) is 12.5. The van der Waals surface area contributed by atoms with Crippen molar-refractivity contribution in [1.29, 1.82) is 0 Å². The maximum Gasteiger partial charge on any atom is 0.216 e. The molecule has 7 heteroatoms. The van der Waals surface area contributed by atoms with E-state index in [1.54, 1.807) is 12.4 Å². The summed E-state index contributed by atoms with van der Waals surface area (Å²) >= 11 is 0. The first-order chi connectivity index (χ1) is 15.9. The van der Waals surface area contributed by atoms with E-state index in [-0.39, 0.29) is 11.8 Å². The predicted octanol–water partition coefficient (Wildman–Crippen LogP) is 5.41. The monoisotopic (exact) mass is 460 g/mol. The van der Waals surface area contributed by atoms with Gasteiger partial charge in [0, 0.05) is 35.1 Å². The summed E-state index contributed by atoms with van der Waals surface area (Å²) in [6.07, 6.45) is 5.26. The summed E-state index contributed by atoms with van der Waals surface area (Å²) in [6, 6.07) is 21.3. The minimum atomic E-state index is -3.40. The van der Waals surface area contributed by atoms with E-state index < -0.39 is 10.0 Å². The van der Waals surface area contributed by atoms with Crippen LogP contribution >= 0.6 is 0 Å². The molecule has 1 atom stereocenters. The SMILES string of the molecule is CCCC(C)NS(=O)(=O)Cc1ccc(-c2nc(-c3ccccc3)[nH]c2-c2ccncc2)cc1. The van der Waals surface area contributed by atoms with E-state index in [1.165, 1.54) is 0 Å². The van der Waals surface area contributed by atoms with Gasteiger partial charge in [-0.15, -0.1) is 0 Å². The molecule has 0 spiro atoms. The largest absolute Gasteiger partial charge is 0.337 e. The summed E-state index contributed by atoms with van der Waals surface area (Å²) in [5, 5.41) is 0. The molecule has 2 heterocycles. The van der Waals surface area contributed by atoms with Crippen LogP contribution in [-0.2, 0) is 15.8 Å². The Balaban J connectivity index is 1.64. The molecule has 0 radical (unpaired) electrons. The number of imidazole rings is 1. The molecule has 2 aromatic carbocycles. The zero-order valence-corrected chi connectivity index (χ0v) is 19.6. The second-order valence-corrected chi connectivity index (χ2v) is 9.93. The van der Waals surface area contributed by atoms with Gasteiger partial charge in [-0.05, 0) is 31.0 Å². The van der Waals surface area contributed by atoms with Crippen molar-refractivity contribution in [3.63, 3.8) is 0 Å². The first-order valence-electron chi connectivity index (χ1n) is 11.1. The molecule has 0 bridgehead atoms. The van der Waals surface area contributed by atoms with Crippen LogP contribution in [0, 0.1) is 0 Å². The first-order valence-corrected chi connectivity index (χ1v) is 12.8. The van der Waals surface area contributed by atoms with Gasteiger partial charge in [-0.25, -0.2) is 18.1 Å². The molecule has 33 heavy (non-hydrogen) atoms. The normalized spacial score (nSPS) is 12.5. The van der Waals surface area contributed by atoms with Gasteiger partial charge in [0.15, 0.2) is 0 Å². The summed E-state index contributed by atoms with van der Waals surface area (Å²) in [5.74, 6) is 0.729. The molecule has 1 unspecified atom stereocenters. The third kappa shape index (κ3) is 5.74. The van der Waals surface area contributed by atoms with Crippen molar-refractivity contribution in [3.05, 3.63) is 84.7 Å². The minimum absolute atomic E-state index is 0.0472. The summed E-state index contributed by atoms with van der Waals surface area (Å²) < 4.78 is 27.8. The topological polar surface area (TPSA) is 87.7 Å². The van der Waals surface area contributed by atoms with Crippen LogP contribution in [-0.4, -0.2) is 29.4 Å². The number of H-pyrrole nitrogens is 1. The highest BCUT2D eigenvalue weighted by molar-refractivity contribution is 7.88. The molecule has 0 aliphatic rings. The van der Waals surface area contributed by atoms with Crippen molar-refractivity contribution < 1.29 is 8.42 Å². The van der Waals surface area contributed by atoms with Crippen molar-refractivity contribution >= 4 is 10.0 Å². The van der Waals surface area contributed by atoms with E-state index >= 15 is 0 Å². The fourth-order valence-electron chi connectivity index (χ4n) is 3.86. The van der Waals surface area contributed by atoms with Crippen LogP contribution in [0.2, 0.25) is 0 Å². The highest BCUT2D eigenvalue weighted by atomic mass is 32.2. The highest BCUT2D eigenvalue weighted by Gasteiger charge is 2.17. The molecule has 0 aliphatic carbocycles. The molecule has 0 aliphatic heterocycles. The van der Waals surface area contributed by atoms with Gasteiger partial charge >= 0.3 is 0 Å². The molecule has 6 nitrogen and oxygen atoms in total. The lowest BCUT2D eigenvalue weighted by atomic mass is 10.0. The van der Waals surface area contributed by atoms with E-state index in [4.69, 9.17) is 4.98 Å². The lowest BCUT2D eigenvalue weighted by Crippen LogP contribution is -2.33. The van der Waals surface area contributed by atoms with Crippen molar-refractivity contribution in [2.75, 3.05) is 0 Å². The number of sulfonamides is 1. The van der Waals surface area contributed by atoms with Crippen LogP contribution in [0.15, 0.2) is 79.1 Å². The molecule has 2 N–H and O–H groups in total. The van der Waals surface area contributed by atoms with E-state index in [0.29, 0.717) is 0 Å². The van der Waals surface area contributed by atoms with Gasteiger partial charge < -0.3 is 4.98 Å². The number of benzene rings is 2. The summed E-state index contributed by atoms with van der Waals surface area (Å²) in [5.41, 5.74) is 5.33. The minimum Gasteiger partial charge on any atom is -0.337 e. The van der Waals surface area contributed by atoms with Gasteiger partial charge in [-0.1, -0.05) is 67.9 Å². The average molecular weight is 461 g/mol. The van der Waals surface area contributed by atoms with Crippen LogP contribution in [0.3, 0.4) is 0 Å². The number of aromatic nitrogens is 3. The van der Waals surface area contributed by atoms with Crippen molar-refractivity contribution in [2.45, 2.75) is 38.5 Å². The Hall–Kier alpha value is -3.29. The van der Waals surface area contributed by atoms with Gasteiger partial charge in [-0.3, -0.25) is 4.98 Å². The Morgan fingerprint density at radius 2 is 1.61 bits per heavy atom. The van der Waals surface area contributed by atoms with E-state index in [9.17, 15) is 8.42 Å². The Labute approximate surface area is 195 Å². The molecule has 0 saturated heterocycles. The third-order valence-electron chi connectivity index (χ3n) is 5.41. The van der Waals surface area contributed by atoms with Crippen LogP contribution < -0.4 is 4.72 Å². The number of rotatable bonds is 9. The van der Waals surface area contributed by atoms with E-state index in [1.807, 2.05) is 80.6 Å². The van der Waals surface area contributed by atoms with Crippen LogP contribution in [0.25, 0.3) is 33.9 Å². The molecule has 0 saturated carbocycles. The Morgan fingerprint density at radius 3 is 2.27 bits per heavy atom. The lowest BCUT2D eigenvalue weighted by Gasteiger charge is -2.13. The third-order valence-corrected chi connectivity index (χ3v) is 6.88. The van der Waals surface area contributed by atoms with E-state index in [2.05, 4.69) is 14.7 Å². The smallest absolute Gasteiger partial charge is 0.216 e. The number of nitrogens with one attached hydrogen (secondary N) is 2. The number of aromatic amines is 1. The predicted molar refractivity (Wildman–Crippen MR) is 133 cm³/mol. The number of pyridine rings is 1. The number of nitrogens with zero attached hydrogens (tertiary/aromatic N) is 2. The average Bonchev–Trinajstić information content (AvgIpc) is 3.26. The molecular formula is C26H28N4O2S. The Bertz CT molecular complexity index is 1290. The molecule has 0 fully saturated rings. The van der Waals surface area contributed by atoms with Gasteiger partial charge in [0.05, 0.1) is 17.1 Å². The zero-order valence-electron chi connectivity index (χ0n) is 18.8. The van der Waals surface area contributed by atoms with Crippen molar-refractivity contribution in [1.82, 2.24) is 19.7 Å². The molecule has 170 valence electrons. The van der Waals surface area contributed by atoms with Crippen LogP contribution in [0.4, 0.5) is 0 Å². The van der Waals surface area contributed by atoms with Gasteiger partial charge in [0.1, 0.15) is 5.82 Å². The number of hydrogen-bond donors (Lipinski definition) is 2. The quantitative estimate of drug-likeness (QED) is 0.349. The van der Waals surface area contributed by atoms with Gasteiger partial charge in [0.2, 0.25) is 10.0 Å². The van der Waals surface area contributed by atoms with Crippen molar-refractivity contribution in [2.24, 2.45) is 0 Å². The van der Waals surface area contributed by atoms with Crippen LogP contribution in [0.5, 0.6) is 0 Å². The molecule has 0 amide bonds. The molecule has 2 aromatic heterocycles. The molecule has 4 aromatic rings. The second-order valence-electron chi connectivity index (χ2n) is 8.17. The van der Waals surface area contributed by atoms with Crippen LogP contribution in [0.1, 0.15) is 32.3 Å². The number of hydrogen-bond acceptors (Lipinski definition) is 4. The lowest BCUT2D eigenvalue weighted by molar-refractivity contribution is 0.543. The Kier molecular flexibility index (Phi) is 7.01. The maximum atomic E-state index is 12.5. The first kappa shape index (κ1) is 22.9. The summed E-state index contributed by atoms with van der Waals surface area (Å²) in [7, 11) is -3.40. The van der Waals surface area contributed by atoms with Gasteiger partial charge in [0.25, 0.3) is 0 Å². The fraction of sp³-hybridized carbons (Fsp3) is 0.231. The Morgan fingerprint density at radius 1 is 0.909 bits per heavy atom. The molecular weight excluding hydrogens is 432 g/mol. The van der Waals surface area contributed by atoms with E-state index in [0.717, 1.165) is 52.3 Å². The maximum absolute atomic E-state index is 12.5. The highest BCUT2D eigenvalue weighted by Crippen LogP contribution is 2.33. The second kappa shape index (κ2) is 10.1. The summed E-state index contributed by atoms with van der Waals surface area (Å²) in [6.45, 7) is 3.94. The standard InChI is InChI=1S/C26H28N4O2S/c1-3-7-19(2)30-33(31,32)18-20-10-12-21(13-11-20)24-25(22-14-16-27-17-15-22)29-26(28-24)23-8-5-4-6-9-23/h4-6,8-17,19,30H,3,7,18H2,1-2H3,(H,28,29). The molecule has 4 rings (SSSR count). The van der Waals surface area contributed by atoms with Crippen molar-refractivity contribution in [3.8, 4) is 33.9 Å². The fourth-order valence-corrected chi connectivity index (χ4v) is 5.31.